The van der Waals surface area contributed by atoms with Gasteiger partial charge in [-0.2, -0.15) is 0 Å². The first kappa shape index (κ1) is 6.14. The van der Waals surface area contributed by atoms with Gasteiger partial charge in [0.15, 0.2) is 0 Å². The van der Waals surface area contributed by atoms with Crippen molar-refractivity contribution in [3.05, 3.63) is 16.1 Å². The van der Waals surface area contributed by atoms with Crippen molar-refractivity contribution in [1.29, 1.82) is 0 Å². The number of epoxide rings is 1. The van der Waals surface area contributed by atoms with Gasteiger partial charge in [-0.3, -0.25) is 0 Å². The maximum Gasteiger partial charge on any atom is 0.117 e. The average molecular weight is 167 g/mol. The molecule has 11 heavy (non-hydrogen) atoms. The molecule has 0 radical (unpaired) electrons. The summed E-state index contributed by atoms with van der Waals surface area (Å²) in [7, 11) is 0. The highest BCUT2D eigenvalue weighted by atomic mass is 32.1. The second-order valence-electron chi connectivity index (χ2n) is 3.20. The van der Waals surface area contributed by atoms with Crippen molar-refractivity contribution in [2.24, 2.45) is 0 Å². The summed E-state index contributed by atoms with van der Waals surface area (Å²) in [6.45, 7) is 0.919. The first-order valence-corrected chi connectivity index (χ1v) is 4.88. The Morgan fingerprint density at radius 2 is 2.36 bits per heavy atom. The Labute approximate surface area is 69.2 Å². The van der Waals surface area contributed by atoms with Gasteiger partial charge in [0, 0.05) is 5.92 Å². The van der Waals surface area contributed by atoms with E-state index in [4.69, 9.17) is 4.74 Å². The van der Waals surface area contributed by atoms with Crippen molar-refractivity contribution in [1.82, 2.24) is 4.98 Å². The van der Waals surface area contributed by atoms with Gasteiger partial charge in [0.2, 0.25) is 0 Å². The molecule has 2 nitrogen and oxygen atoms in total. The standard InChI is InChI=1S/C8H9NOS/c1-2-5(1)7-8(6-3-10-6)11-4-9-7/h4-6H,1-3H2/t6-/m1/s1. The van der Waals surface area contributed by atoms with Crippen LogP contribution in [0.15, 0.2) is 5.51 Å². The van der Waals surface area contributed by atoms with E-state index in [1.807, 2.05) is 5.51 Å². The molecule has 1 aliphatic heterocycles. The molecule has 1 aromatic heterocycles. The second kappa shape index (κ2) is 2.05. The van der Waals surface area contributed by atoms with E-state index in [0.717, 1.165) is 12.5 Å². The van der Waals surface area contributed by atoms with E-state index >= 15 is 0 Å². The highest BCUT2D eigenvalue weighted by Crippen LogP contribution is 2.46. The number of hydrogen-bond donors (Lipinski definition) is 0. The van der Waals surface area contributed by atoms with E-state index in [2.05, 4.69) is 4.98 Å². The first-order valence-electron chi connectivity index (χ1n) is 4.00. The maximum atomic E-state index is 5.24. The molecule has 0 amide bonds. The van der Waals surface area contributed by atoms with Crippen molar-refractivity contribution >= 4 is 11.3 Å². The van der Waals surface area contributed by atoms with Crippen LogP contribution in [0.3, 0.4) is 0 Å². The smallest absolute Gasteiger partial charge is 0.117 e. The second-order valence-corrected chi connectivity index (χ2v) is 4.08. The monoisotopic (exact) mass is 167 g/mol. The third-order valence-corrected chi connectivity index (χ3v) is 3.15. The fraction of sp³-hybridized carbons (Fsp3) is 0.625. The van der Waals surface area contributed by atoms with Gasteiger partial charge in [0.25, 0.3) is 0 Å². The van der Waals surface area contributed by atoms with Gasteiger partial charge in [-0.1, -0.05) is 0 Å². The molecular weight excluding hydrogens is 158 g/mol. The van der Waals surface area contributed by atoms with Gasteiger partial charge in [0.1, 0.15) is 6.10 Å². The average Bonchev–Trinajstić information content (AvgIpc) is 2.91. The zero-order valence-corrected chi connectivity index (χ0v) is 6.93. The lowest BCUT2D eigenvalue weighted by atomic mass is 10.2. The summed E-state index contributed by atoms with van der Waals surface area (Å²) in [6.07, 6.45) is 3.09. The minimum atomic E-state index is 0.415. The molecule has 1 aliphatic carbocycles. The van der Waals surface area contributed by atoms with Crippen LogP contribution in [-0.2, 0) is 4.74 Å². The predicted molar refractivity (Wildman–Crippen MR) is 42.8 cm³/mol. The number of rotatable bonds is 2. The summed E-state index contributed by atoms with van der Waals surface area (Å²) in [5.74, 6) is 0.778. The molecule has 0 N–H and O–H groups in total. The molecule has 2 fully saturated rings. The number of nitrogens with zero attached hydrogens (tertiary/aromatic N) is 1. The highest BCUT2D eigenvalue weighted by Gasteiger charge is 2.35. The van der Waals surface area contributed by atoms with Crippen LogP contribution < -0.4 is 0 Å². The summed E-state index contributed by atoms with van der Waals surface area (Å²) < 4.78 is 5.24. The molecule has 0 bridgehead atoms. The van der Waals surface area contributed by atoms with Crippen molar-refractivity contribution < 1.29 is 4.74 Å². The zero-order valence-electron chi connectivity index (χ0n) is 6.12. The van der Waals surface area contributed by atoms with Crippen LogP contribution in [0.5, 0.6) is 0 Å². The van der Waals surface area contributed by atoms with E-state index in [0.29, 0.717) is 6.10 Å². The van der Waals surface area contributed by atoms with Crippen LogP contribution in [0, 0.1) is 0 Å². The summed E-state index contributed by atoms with van der Waals surface area (Å²) in [6, 6.07) is 0. The van der Waals surface area contributed by atoms with Gasteiger partial charge in [-0.15, -0.1) is 11.3 Å². The molecule has 3 rings (SSSR count). The Morgan fingerprint density at radius 1 is 1.55 bits per heavy atom. The Kier molecular flexibility index (Phi) is 1.14. The van der Waals surface area contributed by atoms with Gasteiger partial charge in [0.05, 0.1) is 22.7 Å². The summed E-state index contributed by atoms with van der Waals surface area (Å²) >= 11 is 1.75. The van der Waals surface area contributed by atoms with E-state index in [-0.39, 0.29) is 0 Å². The first-order chi connectivity index (χ1) is 5.45. The van der Waals surface area contributed by atoms with Crippen LogP contribution in [0.1, 0.15) is 35.4 Å². The molecule has 2 heterocycles. The fourth-order valence-electron chi connectivity index (χ4n) is 1.37. The predicted octanol–water partition coefficient (Wildman–Crippen LogP) is 2.09. The normalized spacial score (nSPS) is 28.9. The summed E-state index contributed by atoms with van der Waals surface area (Å²) in [5, 5.41) is 0. The van der Waals surface area contributed by atoms with Gasteiger partial charge in [-0.25, -0.2) is 4.98 Å². The van der Waals surface area contributed by atoms with Crippen molar-refractivity contribution in [3.8, 4) is 0 Å². The van der Waals surface area contributed by atoms with Gasteiger partial charge >= 0.3 is 0 Å². The molecule has 0 aromatic carbocycles. The van der Waals surface area contributed by atoms with E-state index in [1.165, 1.54) is 23.4 Å². The zero-order chi connectivity index (χ0) is 7.26. The minimum Gasteiger partial charge on any atom is -0.367 e. The SMILES string of the molecule is c1nc(C2CC2)c([C@H]2CO2)s1. The number of hydrogen-bond acceptors (Lipinski definition) is 3. The Morgan fingerprint density at radius 3 is 3.00 bits per heavy atom. The third-order valence-electron chi connectivity index (χ3n) is 2.21. The van der Waals surface area contributed by atoms with Crippen LogP contribution in [0.4, 0.5) is 0 Å². The van der Waals surface area contributed by atoms with Crippen molar-refractivity contribution in [2.45, 2.75) is 24.9 Å². The van der Waals surface area contributed by atoms with E-state index < -0.39 is 0 Å². The Balaban J connectivity index is 1.98. The molecule has 2 aliphatic rings. The van der Waals surface area contributed by atoms with E-state index in [9.17, 15) is 0 Å². The lowest BCUT2D eigenvalue weighted by Gasteiger charge is -1.93. The molecule has 0 spiro atoms. The molecule has 1 saturated heterocycles. The molecule has 3 heteroatoms. The van der Waals surface area contributed by atoms with Crippen molar-refractivity contribution in [2.75, 3.05) is 6.61 Å². The molecule has 0 unspecified atom stereocenters. The summed E-state index contributed by atoms with van der Waals surface area (Å²) in [4.78, 5) is 5.77. The molecule has 58 valence electrons. The minimum absolute atomic E-state index is 0.415. The largest absolute Gasteiger partial charge is 0.367 e. The molecule has 1 atom stereocenters. The lowest BCUT2D eigenvalue weighted by Crippen LogP contribution is -1.85. The van der Waals surface area contributed by atoms with Crippen molar-refractivity contribution in [3.63, 3.8) is 0 Å². The summed E-state index contributed by atoms with van der Waals surface area (Å²) in [5.41, 5.74) is 3.28. The molecule has 1 saturated carbocycles. The lowest BCUT2D eigenvalue weighted by molar-refractivity contribution is 0.417. The van der Waals surface area contributed by atoms with Crippen LogP contribution in [0.25, 0.3) is 0 Å². The van der Waals surface area contributed by atoms with E-state index in [1.54, 1.807) is 11.3 Å². The maximum absolute atomic E-state index is 5.24. The van der Waals surface area contributed by atoms with Crippen LogP contribution >= 0.6 is 11.3 Å². The van der Waals surface area contributed by atoms with Gasteiger partial charge in [-0.05, 0) is 12.8 Å². The number of thiazole rings is 1. The highest BCUT2D eigenvalue weighted by molar-refractivity contribution is 7.09. The van der Waals surface area contributed by atoms with Crippen LogP contribution in [-0.4, -0.2) is 11.6 Å². The number of aromatic nitrogens is 1. The topological polar surface area (TPSA) is 25.4 Å². The Hall–Kier alpha value is -0.410. The molecular formula is C8H9NOS. The van der Waals surface area contributed by atoms with Gasteiger partial charge < -0.3 is 4.74 Å². The number of ether oxygens (including phenoxy) is 1. The third kappa shape index (κ3) is 0.993. The van der Waals surface area contributed by atoms with Crippen LogP contribution in [0.2, 0.25) is 0 Å². The molecule has 1 aromatic rings. The fourth-order valence-corrected chi connectivity index (χ4v) is 2.28. The quantitative estimate of drug-likeness (QED) is 0.630. The Bertz CT molecular complexity index is 249.